The first-order chi connectivity index (χ1) is 18.0. The van der Waals surface area contributed by atoms with Gasteiger partial charge in [0.05, 0.1) is 25.4 Å². The van der Waals surface area contributed by atoms with Crippen LogP contribution in [0.25, 0.3) is 0 Å². The van der Waals surface area contributed by atoms with Crippen LogP contribution in [-0.2, 0) is 11.3 Å². The maximum atomic E-state index is 13.7. The van der Waals surface area contributed by atoms with Crippen molar-refractivity contribution in [2.75, 3.05) is 39.8 Å². The Morgan fingerprint density at radius 3 is 2.30 bits per heavy atom. The van der Waals surface area contributed by atoms with Gasteiger partial charge in [-0.3, -0.25) is 14.6 Å². The monoisotopic (exact) mass is 496 g/mol. The lowest BCUT2D eigenvalue weighted by Gasteiger charge is -2.35. The zero-order valence-corrected chi connectivity index (χ0v) is 22.1. The van der Waals surface area contributed by atoms with Gasteiger partial charge in [-0.25, -0.2) is 5.01 Å². The van der Waals surface area contributed by atoms with E-state index in [0.29, 0.717) is 13.0 Å². The summed E-state index contributed by atoms with van der Waals surface area (Å²) >= 11 is 0. The van der Waals surface area contributed by atoms with Crippen LogP contribution in [0.1, 0.15) is 40.3 Å². The molecule has 1 fully saturated rings. The number of methoxy groups -OCH3 is 1. The van der Waals surface area contributed by atoms with Crippen LogP contribution in [0.4, 0.5) is 0 Å². The summed E-state index contributed by atoms with van der Waals surface area (Å²) in [5, 5.41) is 6.64. The minimum absolute atomic E-state index is 0.0602. The first kappa shape index (κ1) is 25.2. The van der Waals surface area contributed by atoms with Crippen molar-refractivity contribution in [3.63, 3.8) is 0 Å². The van der Waals surface area contributed by atoms with E-state index in [0.717, 1.165) is 49.7 Å². The molecule has 1 unspecified atom stereocenters. The number of benzene rings is 3. The predicted molar refractivity (Wildman–Crippen MR) is 148 cm³/mol. The lowest BCUT2D eigenvalue weighted by molar-refractivity contribution is -0.134. The molecule has 2 aliphatic rings. The van der Waals surface area contributed by atoms with Crippen molar-refractivity contribution in [1.82, 2.24) is 14.8 Å². The van der Waals surface area contributed by atoms with E-state index in [1.807, 2.05) is 24.3 Å². The number of piperazine rings is 1. The third-order valence-electron chi connectivity index (χ3n) is 7.45. The smallest absolute Gasteiger partial charge is 0.257 e. The Balaban J connectivity index is 1.29. The van der Waals surface area contributed by atoms with E-state index in [4.69, 9.17) is 9.84 Å². The molecule has 2 heterocycles. The number of amides is 1. The molecule has 6 nitrogen and oxygen atoms in total. The van der Waals surface area contributed by atoms with Crippen molar-refractivity contribution in [2.24, 2.45) is 5.10 Å². The number of carbonyl (C=O) groups excluding carboxylic acids is 1. The Labute approximate surface area is 220 Å². The molecule has 3 aromatic carbocycles. The molecule has 6 heteroatoms. The summed E-state index contributed by atoms with van der Waals surface area (Å²) in [5.74, 6) is 0.873. The summed E-state index contributed by atoms with van der Waals surface area (Å²) in [4.78, 5) is 18.4. The molecule has 1 saturated heterocycles. The van der Waals surface area contributed by atoms with Gasteiger partial charge in [-0.15, -0.1) is 0 Å². The third-order valence-corrected chi connectivity index (χ3v) is 7.45. The standard InChI is InChI=1S/C31H36N4O2/c1-23-9-14-28(24(2)19-23)30-20-29(26-10-12-27(37-3)13-11-26)32-35(30)31(36)22-34-17-15-33(16-18-34)21-25-7-5-4-6-8-25/h4-14,19,30H,15-18,20-22H2,1-3H3. The summed E-state index contributed by atoms with van der Waals surface area (Å²) in [6.45, 7) is 9.27. The van der Waals surface area contributed by atoms with Gasteiger partial charge in [-0.1, -0.05) is 54.1 Å². The van der Waals surface area contributed by atoms with Gasteiger partial charge in [0.1, 0.15) is 5.75 Å². The van der Waals surface area contributed by atoms with Gasteiger partial charge in [-0.2, -0.15) is 5.10 Å². The average Bonchev–Trinajstić information content (AvgIpc) is 3.36. The Morgan fingerprint density at radius 1 is 0.919 bits per heavy atom. The van der Waals surface area contributed by atoms with E-state index in [1.165, 1.54) is 22.3 Å². The number of ether oxygens (including phenoxy) is 1. The second-order valence-electron chi connectivity index (χ2n) is 10.1. The topological polar surface area (TPSA) is 48.4 Å². The number of hydrazone groups is 1. The SMILES string of the molecule is COc1ccc(C2=NN(C(=O)CN3CCN(Cc4ccccc4)CC3)C(c3ccc(C)cc3C)C2)cc1. The molecule has 2 aliphatic heterocycles. The highest BCUT2D eigenvalue weighted by atomic mass is 16.5. The Bertz CT molecular complexity index is 1250. The van der Waals surface area contributed by atoms with Gasteiger partial charge in [0, 0.05) is 39.1 Å². The maximum absolute atomic E-state index is 13.7. The van der Waals surface area contributed by atoms with Crippen molar-refractivity contribution in [1.29, 1.82) is 0 Å². The average molecular weight is 497 g/mol. The van der Waals surface area contributed by atoms with Crippen molar-refractivity contribution >= 4 is 11.6 Å². The molecule has 0 spiro atoms. The number of carbonyl (C=O) groups is 1. The molecule has 1 amide bonds. The van der Waals surface area contributed by atoms with Gasteiger partial charge in [-0.05, 0) is 60.4 Å². The second-order valence-corrected chi connectivity index (χ2v) is 10.1. The highest BCUT2D eigenvalue weighted by Gasteiger charge is 2.35. The van der Waals surface area contributed by atoms with E-state index in [9.17, 15) is 4.79 Å². The molecule has 1 atom stereocenters. The van der Waals surface area contributed by atoms with Crippen molar-refractivity contribution in [3.8, 4) is 5.75 Å². The quantitative estimate of drug-likeness (QED) is 0.471. The Morgan fingerprint density at radius 2 is 1.62 bits per heavy atom. The molecule has 37 heavy (non-hydrogen) atoms. The molecule has 0 N–H and O–H groups in total. The first-order valence-electron chi connectivity index (χ1n) is 13.1. The largest absolute Gasteiger partial charge is 0.497 e. The first-order valence-corrected chi connectivity index (χ1v) is 13.1. The van der Waals surface area contributed by atoms with Crippen LogP contribution >= 0.6 is 0 Å². The summed E-state index contributed by atoms with van der Waals surface area (Å²) < 4.78 is 5.32. The van der Waals surface area contributed by atoms with Crippen LogP contribution in [0.15, 0.2) is 77.9 Å². The number of aryl methyl sites for hydroxylation is 2. The minimum atomic E-state index is -0.0930. The summed E-state index contributed by atoms with van der Waals surface area (Å²) in [6.07, 6.45) is 0.701. The van der Waals surface area contributed by atoms with E-state index in [2.05, 4.69) is 72.2 Å². The highest BCUT2D eigenvalue weighted by molar-refractivity contribution is 6.03. The molecule has 0 aromatic heterocycles. The van der Waals surface area contributed by atoms with Gasteiger partial charge in [0.15, 0.2) is 0 Å². The summed E-state index contributed by atoms with van der Waals surface area (Å²) in [7, 11) is 1.67. The number of hydrogen-bond acceptors (Lipinski definition) is 5. The zero-order valence-electron chi connectivity index (χ0n) is 22.1. The van der Waals surface area contributed by atoms with Gasteiger partial charge < -0.3 is 4.74 Å². The van der Waals surface area contributed by atoms with Crippen LogP contribution in [0.3, 0.4) is 0 Å². The van der Waals surface area contributed by atoms with Gasteiger partial charge in [0.2, 0.25) is 0 Å². The molecule has 5 rings (SSSR count). The lowest BCUT2D eigenvalue weighted by atomic mass is 9.94. The summed E-state index contributed by atoms with van der Waals surface area (Å²) in [6, 6.07) is 24.9. The van der Waals surface area contributed by atoms with Crippen molar-refractivity contribution in [3.05, 3.63) is 101 Å². The van der Waals surface area contributed by atoms with E-state index in [1.54, 1.807) is 12.1 Å². The van der Waals surface area contributed by atoms with Crippen LogP contribution in [0.2, 0.25) is 0 Å². The van der Waals surface area contributed by atoms with Crippen LogP contribution in [-0.4, -0.2) is 66.3 Å². The fourth-order valence-electron chi connectivity index (χ4n) is 5.35. The van der Waals surface area contributed by atoms with Crippen molar-refractivity contribution < 1.29 is 9.53 Å². The van der Waals surface area contributed by atoms with Crippen LogP contribution in [0, 0.1) is 13.8 Å². The maximum Gasteiger partial charge on any atom is 0.257 e. The lowest BCUT2D eigenvalue weighted by Crippen LogP contribution is -2.49. The van der Waals surface area contributed by atoms with E-state index < -0.39 is 0 Å². The fraction of sp³-hybridized carbons (Fsp3) is 0.355. The molecule has 0 radical (unpaired) electrons. The van der Waals surface area contributed by atoms with E-state index >= 15 is 0 Å². The zero-order chi connectivity index (χ0) is 25.8. The van der Waals surface area contributed by atoms with Crippen LogP contribution in [0.5, 0.6) is 5.75 Å². The Hall–Kier alpha value is -3.48. The number of hydrogen-bond donors (Lipinski definition) is 0. The molecular formula is C31H36N4O2. The molecule has 3 aromatic rings. The molecule has 0 aliphatic carbocycles. The fourth-order valence-corrected chi connectivity index (χ4v) is 5.35. The van der Waals surface area contributed by atoms with Crippen LogP contribution < -0.4 is 4.74 Å². The summed E-state index contributed by atoms with van der Waals surface area (Å²) in [5.41, 5.74) is 6.89. The van der Waals surface area contributed by atoms with Crippen molar-refractivity contribution in [2.45, 2.75) is 32.9 Å². The van der Waals surface area contributed by atoms with Gasteiger partial charge >= 0.3 is 0 Å². The minimum Gasteiger partial charge on any atom is -0.497 e. The van der Waals surface area contributed by atoms with Gasteiger partial charge in [0.25, 0.3) is 5.91 Å². The molecular weight excluding hydrogens is 460 g/mol. The second kappa shape index (κ2) is 11.3. The molecule has 192 valence electrons. The molecule has 0 saturated carbocycles. The normalized spacial score (nSPS) is 18.6. The highest BCUT2D eigenvalue weighted by Crippen LogP contribution is 2.35. The number of nitrogens with zero attached hydrogens (tertiary/aromatic N) is 4. The number of rotatable bonds is 7. The predicted octanol–water partition coefficient (Wildman–Crippen LogP) is 4.81. The Kier molecular flexibility index (Phi) is 7.68. The molecule has 0 bridgehead atoms. The third kappa shape index (κ3) is 5.92. The van der Waals surface area contributed by atoms with E-state index in [-0.39, 0.29) is 11.9 Å².